The van der Waals surface area contributed by atoms with E-state index in [0.717, 1.165) is 29.2 Å². The van der Waals surface area contributed by atoms with Crippen LogP contribution in [0.5, 0.6) is 0 Å². The van der Waals surface area contributed by atoms with Gasteiger partial charge in [0, 0.05) is 18.3 Å². The van der Waals surface area contributed by atoms with Crippen LogP contribution in [-0.2, 0) is 0 Å². The molecule has 142 valence electrons. The Bertz CT molecular complexity index is 1040. The number of hydrogen-bond donors (Lipinski definition) is 2. The molecule has 1 aliphatic carbocycles. The summed E-state index contributed by atoms with van der Waals surface area (Å²) in [6.07, 6.45) is 5.12. The van der Waals surface area contributed by atoms with Crippen molar-refractivity contribution in [2.45, 2.75) is 26.2 Å². The Hall–Kier alpha value is -3.21. The summed E-state index contributed by atoms with van der Waals surface area (Å²) in [5.74, 6) is 0.0541. The summed E-state index contributed by atoms with van der Waals surface area (Å²) in [5, 5.41) is 7.74. The highest BCUT2D eigenvalue weighted by Gasteiger charge is 2.21. The van der Waals surface area contributed by atoms with Crippen molar-refractivity contribution in [3.05, 3.63) is 71.5 Å². The SMILES string of the molecule is Cc1ccc(C(=O)Nc2cccnc2C(=O)NCC2CCC2)c2ccccc12. The van der Waals surface area contributed by atoms with Crippen LogP contribution in [0.2, 0.25) is 0 Å². The molecule has 28 heavy (non-hydrogen) atoms. The van der Waals surface area contributed by atoms with Gasteiger partial charge in [-0.05, 0) is 60.2 Å². The van der Waals surface area contributed by atoms with Crippen molar-refractivity contribution in [3.8, 4) is 0 Å². The standard InChI is InChI=1S/C23H23N3O2/c1-15-11-12-19(18-9-3-2-8-17(15)18)22(27)26-20-10-5-13-24-21(20)23(28)25-14-16-6-4-7-16/h2-3,5,8-13,16H,4,6-7,14H2,1H3,(H,25,28)(H,26,27). The van der Waals surface area contributed by atoms with E-state index in [9.17, 15) is 9.59 Å². The maximum Gasteiger partial charge on any atom is 0.272 e. The zero-order valence-corrected chi connectivity index (χ0v) is 15.9. The van der Waals surface area contributed by atoms with Crippen LogP contribution in [0, 0.1) is 12.8 Å². The van der Waals surface area contributed by atoms with Gasteiger partial charge >= 0.3 is 0 Å². The van der Waals surface area contributed by atoms with E-state index in [-0.39, 0.29) is 17.5 Å². The third-order valence-corrected chi connectivity index (χ3v) is 5.43. The zero-order chi connectivity index (χ0) is 19.5. The second-order valence-electron chi connectivity index (χ2n) is 7.34. The van der Waals surface area contributed by atoms with Gasteiger partial charge in [-0.1, -0.05) is 36.8 Å². The van der Waals surface area contributed by atoms with Crippen LogP contribution in [0.15, 0.2) is 54.7 Å². The van der Waals surface area contributed by atoms with E-state index in [1.807, 2.05) is 43.3 Å². The average molecular weight is 373 g/mol. The summed E-state index contributed by atoms with van der Waals surface area (Å²) >= 11 is 0. The number of pyridine rings is 1. The number of amides is 2. The van der Waals surface area contributed by atoms with E-state index in [1.54, 1.807) is 18.3 Å². The molecule has 0 radical (unpaired) electrons. The quantitative estimate of drug-likeness (QED) is 0.699. The van der Waals surface area contributed by atoms with Crippen LogP contribution >= 0.6 is 0 Å². The van der Waals surface area contributed by atoms with Crippen LogP contribution in [0.4, 0.5) is 5.69 Å². The highest BCUT2D eigenvalue weighted by molar-refractivity contribution is 6.14. The molecule has 0 atom stereocenters. The lowest BCUT2D eigenvalue weighted by Gasteiger charge is -2.25. The summed E-state index contributed by atoms with van der Waals surface area (Å²) < 4.78 is 0. The predicted octanol–water partition coefficient (Wildman–Crippen LogP) is 4.33. The highest BCUT2D eigenvalue weighted by atomic mass is 16.2. The van der Waals surface area contributed by atoms with E-state index in [4.69, 9.17) is 0 Å². The maximum absolute atomic E-state index is 13.0. The van der Waals surface area contributed by atoms with Gasteiger partial charge in [0.15, 0.2) is 5.69 Å². The minimum absolute atomic E-state index is 0.242. The van der Waals surface area contributed by atoms with Gasteiger partial charge in [0.1, 0.15) is 0 Å². The molecule has 0 unspecified atom stereocenters. The Balaban J connectivity index is 1.57. The normalized spacial score (nSPS) is 13.8. The summed E-state index contributed by atoms with van der Waals surface area (Å²) in [6, 6.07) is 15.0. The Morgan fingerprint density at radius 2 is 1.79 bits per heavy atom. The molecule has 2 N–H and O–H groups in total. The summed E-state index contributed by atoms with van der Waals surface area (Å²) in [6.45, 7) is 2.68. The average Bonchev–Trinajstić information content (AvgIpc) is 2.67. The molecule has 5 nitrogen and oxygen atoms in total. The van der Waals surface area contributed by atoms with Gasteiger partial charge in [-0.25, -0.2) is 4.98 Å². The molecule has 0 spiro atoms. The molecule has 2 amide bonds. The van der Waals surface area contributed by atoms with Gasteiger partial charge in [-0.3, -0.25) is 9.59 Å². The fourth-order valence-electron chi connectivity index (χ4n) is 3.54. The van der Waals surface area contributed by atoms with Crippen molar-refractivity contribution in [1.29, 1.82) is 0 Å². The molecular formula is C23H23N3O2. The molecule has 1 fully saturated rings. The number of carbonyl (C=O) groups is 2. The minimum atomic E-state index is -0.253. The van der Waals surface area contributed by atoms with E-state index in [2.05, 4.69) is 15.6 Å². The number of aryl methyl sites for hydroxylation is 1. The summed E-state index contributed by atoms with van der Waals surface area (Å²) in [5.41, 5.74) is 2.35. The number of nitrogens with zero attached hydrogens (tertiary/aromatic N) is 1. The first-order chi connectivity index (χ1) is 13.6. The van der Waals surface area contributed by atoms with Crippen LogP contribution in [0.1, 0.15) is 45.7 Å². The fraction of sp³-hybridized carbons (Fsp3) is 0.261. The van der Waals surface area contributed by atoms with Gasteiger partial charge in [0.25, 0.3) is 11.8 Å². The Morgan fingerprint density at radius 1 is 1.00 bits per heavy atom. The van der Waals surface area contributed by atoms with Crippen molar-refractivity contribution in [2.24, 2.45) is 5.92 Å². The lowest BCUT2D eigenvalue weighted by Crippen LogP contribution is -2.33. The molecule has 1 heterocycles. The molecule has 0 bridgehead atoms. The lowest BCUT2D eigenvalue weighted by atomic mass is 9.85. The lowest BCUT2D eigenvalue weighted by molar-refractivity contribution is 0.0935. The Kier molecular flexibility index (Phi) is 5.06. The summed E-state index contributed by atoms with van der Waals surface area (Å²) in [4.78, 5) is 29.7. The van der Waals surface area contributed by atoms with Crippen LogP contribution < -0.4 is 10.6 Å². The number of carbonyl (C=O) groups excluding carboxylic acids is 2. The third kappa shape index (κ3) is 3.60. The molecule has 3 aromatic rings. The van der Waals surface area contributed by atoms with Crippen molar-refractivity contribution in [1.82, 2.24) is 10.3 Å². The maximum atomic E-state index is 13.0. The molecule has 1 aliphatic rings. The fourth-order valence-corrected chi connectivity index (χ4v) is 3.54. The van der Waals surface area contributed by atoms with E-state index < -0.39 is 0 Å². The largest absolute Gasteiger partial charge is 0.350 e. The first-order valence-electron chi connectivity index (χ1n) is 9.66. The zero-order valence-electron chi connectivity index (χ0n) is 15.9. The molecule has 2 aromatic carbocycles. The molecule has 0 saturated heterocycles. The van der Waals surface area contributed by atoms with Crippen molar-refractivity contribution in [3.63, 3.8) is 0 Å². The molecular weight excluding hydrogens is 350 g/mol. The summed E-state index contributed by atoms with van der Waals surface area (Å²) in [7, 11) is 0. The Morgan fingerprint density at radius 3 is 2.54 bits per heavy atom. The van der Waals surface area contributed by atoms with Gasteiger partial charge < -0.3 is 10.6 Å². The number of nitrogens with one attached hydrogen (secondary N) is 2. The van der Waals surface area contributed by atoms with E-state index in [1.165, 1.54) is 6.42 Å². The number of benzene rings is 2. The van der Waals surface area contributed by atoms with E-state index in [0.29, 0.717) is 23.7 Å². The predicted molar refractivity (Wildman–Crippen MR) is 111 cm³/mol. The molecule has 4 rings (SSSR count). The Labute approximate surface area is 164 Å². The van der Waals surface area contributed by atoms with Crippen molar-refractivity contribution >= 4 is 28.3 Å². The van der Waals surface area contributed by atoms with E-state index >= 15 is 0 Å². The number of fused-ring (bicyclic) bond motifs is 1. The number of hydrogen-bond acceptors (Lipinski definition) is 3. The van der Waals surface area contributed by atoms with Crippen LogP contribution in [0.25, 0.3) is 10.8 Å². The number of anilines is 1. The smallest absolute Gasteiger partial charge is 0.272 e. The van der Waals surface area contributed by atoms with Gasteiger partial charge in [0.05, 0.1) is 5.69 Å². The monoisotopic (exact) mass is 373 g/mol. The minimum Gasteiger partial charge on any atom is -0.350 e. The van der Waals surface area contributed by atoms with Crippen LogP contribution in [-0.4, -0.2) is 23.3 Å². The highest BCUT2D eigenvalue weighted by Crippen LogP contribution is 2.26. The first kappa shape index (κ1) is 18.2. The second kappa shape index (κ2) is 7.80. The third-order valence-electron chi connectivity index (χ3n) is 5.43. The number of aromatic nitrogens is 1. The molecule has 0 aliphatic heterocycles. The first-order valence-corrected chi connectivity index (χ1v) is 9.66. The van der Waals surface area contributed by atoms with Gasteiger partial charge in [-0.15, -0.1) is 0 Å². The topological polar surface area (TPSA) is 71.1 Å². The molecule has 1 saturated carbocycles. The molecule has 5 heteroatoms. The second-order valence-corrected chi connectivity index (χ2v) is 7.34. The number of rotatable bonds is 5. The van der Waals surface area contributed by atoms with Gasteiger partial charge in [-0.2, -0.15) is 0 Å². The van der Waals surface area contributed by atoms with Gasteiger partial charge in [0.2, 0.25) is 0 Å². The van der Waals surface area contributed by atoms with Crippen molar-refractivity contribution < 1.29 is 9.59 Å². The van der Waals surface area contributed by atoms with Crippen molar-refractivity contribution in [2.75, 3.05) is 11.9 Å². The van der Waals surface area contributed by atoms with Crippen LogP contribution in [0.3, 0.4) is 0 Å². The molecule has 1 aromatic heterocycles.